The summed E-state index contributed by atoms with van der Waals surface area (Å²) in [5.74, 6) is -0.589. The van der Waals surface area contributed by atoms with E-state index >= 15 is 0 Å². The van der Waals surface area contributed by atoms with Crippen molar-refractivity contribution in [3.8, 4) is 6.01 Å². The molecule has 2 amide bonds. The number of halogens is 2. The molecule has 1 aromatic heterocycles. The minimum absolute atomic E-state index is 0.228. The van der Waals surface area contributed by atoms with Gasteiger partial charge in [0.1, 0.15) is 18.6 Å². The standard InChI is InChI=1S/C29H31ClFN5O4/c30-22-4-1-3-21-17(22)5-7-29(21)10-23-20(14-40-29)24(35-12-18-19(13-35)26(38)34-25(18)37)33-27(32-23)39-15-28-6-2-8-36(28)11-16(31)9-28/h1,3-4,16,18-19H,2,5-15H2,(H,34,37,38)/t16-,18-,19+,28+,29+/m1/s1. The number of fused-ring (bicyclic) bond motifs is 5. The highest BCUT2D eigenvalue weighted by Gasteiger charge is 2.51. The smallest absolute Gasteiger partial charge is 0.318 e. The zero-order valence-electron chi connectivity index (χ0n) is 22.1. The lowest BCUT2D eigenvalue weighted by Crippen LogP contribution is -2.43. The second-order valence-electron chi connectivity index (χ2n) is 12.3. The van der Waals surface area contributed by atoms with Crippen LogP contribution in [0, 0.1) is 11.8 Å². The molecule has 0 saturated carbocycles. The average molecular weight is 568 g/mol. The zero-order valence-corrected chi connectivity index (χ0v) is 22.9. The van der Waals surface area contributed by atoms with Crippen LogP contribution in [0.15, 0.2) is 18.2 Å². The minimum atomic E-state index is -0.845. The lowest BCUT2D eigenvalue weighted by Gasteiger charge is -2.37. The predicted molar refractivity (Wildman–Crippen MR) is 143 cm³/mol. The largest absolute Gasteiger partial charge is 0.461 e. The van der Waals surface area contributed by atoms with Crippen LogP contribution < -0.4 is 15.0 Å². The first-order valence-electron chi connectivity index (χ1n) is 14.3. The van der Waals surface area contributed by atoms with Crippen LogP contribution in [0.2, 0.25) is 5.02 Å². The van der Waals surface area contributed by atoms with Gasteiger partial charge in [-0.05, 0) is 49.4 Å². The quantitative estimate of drug-likeness (QED) is 0.564. The molecule has 5 aliphatic heterocycles. The van der Waals surface area contributed by atoms with Gasteiger partial charge in [-0.2, -0.15) is 9.97 Å². The van der Waals surface area contributed by atoms with Crippen LogP contribution in [0.3, 0.4) is 0 Å². The number of nitrogens with one attached hydrogen (secondary N) is 1. The van der Waals surface area contributed by atoms with Gasteiger partial charge in [0.15, 0.2) is 0 Å². The Hall–Kier alpha value is -2.82. The summed E-state index contributed by atoms with van der Waals surface area (Å²) in [5.41, 5.74) is 3.10. The van der Waals surface area contributed by atoms with Crippen molar-refractivity contribution in [2.24, 2.45) is 11.8 Å². The zero-order chi connectivity index (χ0) is 27.2. The number of hydrogen-bond donors (Lipinski definition) is 1. The topological polar surface area (TPSA) is 96.9 Å². The minimum Gasteiger partial charge on any atom is -0.461 e. The second-order valence-corrected chi connectivity index (χ2v) is 12.7. The van der Waals surface area contributed by atoms with Crippen LogP contribution in [0.25, 0.3) is 0 Å². The molecule has 6 aliphatic rings. The van der Waals surface area contributed by atoms with Gasteiger partial charge in [-0.3, -0.25) is 19.8 Å². The van der Waals surface area contributed by atoms with E-state index in [1.54, 1.807) is 0 Å². The number of amides is 2. The van der Waals surface area contributed by atoms with Crippen molar-refractivity contribution >= 4 is 29.2 Å². The predicted octanol–water partition coefficient (Wildman–Crippen LogP) is 2.71. The summed E-state index contributed by atoms with van der Waals surface area (Å²) in [5, 5.41) is 3.21. The van der Waals surface area contributed by atoms with E-state index in [4.69, 9.17) is 31.0 Å². The van der Waals surface area contributed by atoms with Crippen molar-refractivity contribution in [1.82, 2.24) is 20.2 Å². The maximum absolute atomic E-state index is 14.4. The van der Waals surface area contributed by atoms with Crippen molar-refractivity contribution in [2.45, 2.75) is 62.4 Å². The molecule has 11 heteroatoms. The fraction of sp³-hybridized carbons (Fsp3) is 0.586. The van der Waals surface area contributed by atoms with Gasteiger partial charge in [-0.1, -0.05) is 23.7 Å². The van der Waals surface area contributed by atoms with Crippen LogP contribution >= 0.6 is 11.6 Å². The molecule has 1 spiro atoms. The Balaban J connectivity index is 1.15. The highest BCUT2D eigenvalue weighted by Crippen LogP contribution is 2.49. The molecule has 210 valence electrons. The Morgan fingerprint density at radius 2 is 1.95 bits per heavy atom. The molecule has 4 fully saturated rings. The third-order valence-electron chi connectivity index (χ3n) is 10.2. The van der Waals surface area contributed by atoms with E-state index in [0.717, 1.165) is 59.6 Å². The molecule has 4 saturated heterocycles. The molecule has 0 unspecified atom stereocenters. The summed E-state index contributed by atoms with van der Waals surface area (Å²) < 4.78 is 27.3. The van der Waals surface area contributed by atoms with Crippen LogP contribution in [0.5, 0.6) is 6.01 Å². The number of nitrogens with zero attached hydrogens (tertiary/aromatic N) is 4. The number of hydrogen-bond acceptors (Lipinski definition) is 8. The summed E-state index contributed by atoms with van der Waals surface area (Å²) in [6.45, 7) is 2.77. The van der Waals surface area contributed by atoms with E-state index < -0.39 is 23.6 Å². The van der Waals surface area contributed by atoms with Crippen molar-refractivity contribution in [3.05, 3.63) is 45.6 Å². The van der Waals surface area contributed by atoms with Gasteiger partial charge in [0.2, 0.25) is 11.8 Å². The number of imide groups is 1. The van der Waals surface area contributed by atoms with Gasteiger partial charge in [0.25, 0.3) is 0 Å². The van der Waals surface area contributed by atoms with Crippen molar-refractivity contribution in [2.75, 3.05) is 37.7 Å². The van der Waals surface area contributed by atoms with Gasteiger partial charge in [0.05, 0.1) is 35.3 Å². The van der Waals surface area contributed by atoms with E-state index in [9.17, 15) is 14.0 Å². The highest BCUT2D eigenvalue weighted by molar-refractivity contribution is 6.31. The SMILES string of the molecule is O=C1NC(=O)[C@@H]2CN(c3nc(OC[C@@]45CCCN4C[C@H](F)C5)nc4c3CO[C@@]3(CCc5c(Cl)cccc53)C4)C[C@H]12. The van der Waals surface area contributed by atoms with Crippen LogP contribution in [0.1, 0.15) is 48.1 Å². The maximum atomic E-state index is 14.4. The number of rotatable bonds is 4. The first-order chi connectivity index (χ1) is 19.3. The maximum Gasteiger partial charge on any atom is 0.318 e. The first-order valence-corrected chi connectivity index (χ1v) is 14.7. The van der Waals surface area contributed by atoms with Gasteiger partial charge < -0.3 is 14.4 Å². The van der Waals surface area contributed by atoms with Crippen LogP contribution in [-0.2, 0) is 39.4 Å². The normalized spacial score (nSPS) is 34.2. The molecule has 8 rings (SSSR count). The lowest BCUT2D eigenvalue weighted by atomic mass is 9.87. The van der Waals surface area contributed by atoms with Crippen molar-refractivity contribution in [3.63, 3.8) is 0 Å². The summed E-state index contributed by atoms with van der Waals surface area (Å²) in [7, 11) is 0. The molecule has 1 aliphatic carbocycles. The fourth-order valence-electron chi connectivity index (χ4n) is 8.14. The number of carbonyl (C=O) groups excluding carboxylic acids is 2. The van der Waals surface area contributed by atoms with Gasteiger partial charge in [-0.15, -0.1) is 0 Å². The first kappa shape index (κ1) is 24.9. The Bertz CT molecular complexity index is 1420. The molecular weight excluding hydrogens is 537 g/mol. The lowest BCUT2D eigenvalue weighted by molar-refractivity contribution is -0.126. The highest BCUT2D eigenvalue weighted by atomic mass is 35.5. The van der Waals surface area contributed by atoms with E-state index in [-0.39, 0.29) is 23.4 Å². The van der Waals surface area contributed by atoms with Crippen molar-refractivity contribution in [1.29, 1.82) is 0 Å². The molecule has 1 N–H and O–H groups in total. The number of carbonyl (C=O) groups is 2. The third-order valence-corrected chi connectivity index (χ3v) is 10.5. The second kappa shape index (κ2) is 8.84. The Morgan fingerprint density at radius 1 is 1.12 bits per heavy atom. The monoisotopic (exact) mass is 567 g/mol. The molecule has 6 heterocycles. The fourth-order valence-corrected chi connectivity index (χ4v) is 8.41. The van der Waals surface area contributed by atoms with E-state index in [0.29, 0.717) is 51.5 Å². The third kappa shape index (κ3) is 3.65. The Labute approximate surface area is 236 Å². The average Bonchev–Trinajstić information content (AvgIpc) is 3.72. The van der Waals surface area contributed by atoms with E-state index in [1.165, 1.54) is 0 Å². The number of anilines is 1. The Morgan fingerprint density at radius 3 is 2.77 bits per heavy atom. The van der Waals surface area contributed by atoms with E-state index in [2.05, 4.69) is 16.3 Å². The summed E-state index contributed by atoms with van der Waals surface area (Å²) in [4.78, 5) is 38.8. The molecular formula is C29H31ClFN5O4. The molecule has 5 atom stereocenters. The van der Waals surface area contributed by atoms with Gasteiger partial charge in [-0.25, -0.2) is 4.39 Å². The summed E-state index contributed by atoms with van der Waals surface area (Å²) in [6.07, 6.45) is 3.73. The number of alkyl halides is 1. The van der Waals surface area contributed by atoms with Gasteiger partial charge >= 0.3 is 6.01 Å². The molecule has 9 nitrogen and oxygen atoms in total. The number of ether oxygens (including phenoxy) is 2. The molecule has 1 aromatic carbocycles. The van der Waals surface area contributed by atoms with E-state index in [1.807, 2.05) is 17.0 Å². The molecule has 0 radical (unpaired) electrons. The molecule has 2 aromatic rings. The van der Waals surface area contributed by atoms with Crippen LogP contribution in [0.4, 0.5) is 10.2 Å². The van der Waals surface area contributed by atoms with Crippen molar-refractivity contribution < 1.29 is 23.5 Å². The Kier molecular flexibility index (Phi) is 5.51. The number of benzene rings is 1. The van der Waals surface area contributed by atoms with Gasteiger partial charge in [0, 0.05) is 43.1 Å². The molecule has 0 bridgehead atoms. The molecule has 40 heavy (non-hydrogen) atoms. The summed E-state index contributed by atoms with van der Waals surface area (Å²) in [6, 6.07) is 6.23. The summed E-state index contributed by atoms with van der Waals surface area (Å²) >= 11 is 6.54. The van der Waals surface area contributed by atoms with Crippen LogP contribution in [-0.4, -0.2) is 71.2 Å². The number of aromatic nitrogens is 2.